The van der Waals surface area contributed by atoms with Gasteiger partial charge in [-0.2, -0.15) is 5.10 Å². The number of hydrogen-bond acceptors (Lipinski definition) is 6. The van der Waals surface area contributed by atoms with Gasteiger partial charge in [0, 0.05) is 50.6 Å². The molecule has 4 aromatic rings. The van der Waals surface area contributed by atoms with Crippen molar-refractivity contribution >= 4 is 17.3 Å². The third-order valence-electron chi connectivity index (χ3n) is 6.70. The fraction of sp³-hybridized carbons (Fsp3) is 0.259. The van der Waals surface area contributed by atoms with Crippen molar-refractivity contribution in [3.8, 4) is 17.1 Å². The van der Waals surface area contributed by atoms with Crippen molar-refractivity contribution in [1.82, 2.24) is 24.6 Å². The maximum absolute atomic E-state index is 14.3. The number of benzene rings is 1. The molecule has 1 unspecified atom stereocenters. The summed E-state index contributed by atoms with van der Waals surface area (Å²) in [6, 6.07) is 11.7. The normalized spacial score (nSPS) is 15.2. The zero-order chi connectivity index (χ0) is 27.0. The summed E-state index contributed by atoms with van der Waals surface area (Å²) in [7, 11) is 1.73. The molecule has 0 aliphatic carbocycles. The number of aromatic nitrogens is 4. The van der Waals surface area contributed by atoms with Gasteiger partial charge in [-0.1, -0.05) is 18.2 Å². The Balaban J connectivity index is 1.57. The molecule has 5 rings (SSSR count). The maximum atomic E-state index is 14.3. The van der Waals surface area contributed by atoms with E-state index < -0.39 is 40.3 Å². The minimum Gasteiger partial charge on any atom is -0.505 e. The molecule has 0 bridgehead atoms. The summed E-state index contributed by atoms with van der Waals surface area (Å²) in [4.78, 5) is 36.6. The maximum Gasteiger partial charge on any atom is 0.265 e. The predicted octanol–water partition coefficient (Wildman–Crippen LogP) is 3.94. The van der Waals surface area contributed by atoms with E-state index in [2.05, 4.69) is 15.1 Å². The quantitative estimate of drug-likeness (QED) is 0.399. The van der Waals surface area contributed by atoms with Gasteiger partial charge in [-0.05, 0) is 31.5 Å². The van der Waals surface area contributed by atoms with Crippen molar-refractivity contribution in [3.63, 3.8) is 0 Å². The smallest absolute Gasteiger partial charge is 0.265 e. The summed E-state index contributed by atoms with van der Waals surface area (Å²) in [6.07, 6.45) is 3.02. The van der Waals surface area contributed by atoms with Gasteiger partial charge in [-0.25, -0.2) is 8.78 Å². The number of anilines is 2. The van der Waals surface area contributed by atoms with Crippen molar-refractivity contribution in [2.45, 2.75) is 19.3 Å². The second-order valence-electron chi connectivity index (χ2n) is 9.11. The highest BCUT2D eigenvalue weighted by atomic mass is 19.1. The number of carbonyl (C=O) groups is 1. The van der Waals surface area contributed by atoms with Crippen LogP contribution in [-0.2, 0) is 7.05 Å². The number of hydrogen-bond donors (Lipinski definition) is 2. The van der Waals surface area contributed by atoms with Crippen LogP contribution in [0.2, 0.25) is 0 Å². The Morgan fingerprint density at radius 2 is 2.00 bits per heavy atom. The second-order valence-corrected chi connectivity index (χ2v) is 9.11. The van der Waals surface area contributed by atoms with E-state index >= 15 is 0 Å². The molecule has 0 radical (unpaired) electrons. The number of pyridine rings is 2. The number of carbonyl (C=O) groups excluding carboxylic acids is 1. The molecule has 1 amide bonds. The highest BCUT2D eigenvalue weighted by Gasteiger charge is 2.35. The molecule has 3 aromatic heterocycles. The van der Waals surface area contributed by atoms with Crippen molar-refractivity contribution in [3.05, 3.63) is 88.1 Å². The Labute approximate surface area is 217 Å². The van der Waals surface area contributed by atoms with E-state index in [0.717, 1.165) is 18.0 Å². The number of H-pyrrole nitrogens is 1. The lowest BCUT2D eigenvalue weighted by Gasteiger charge is -2.27. The van der Waals surface area contributed by atoms with Gasteiger partial charge in [0.25, 0.3) is 11.5 Å². The predicted molar refractivity (Wildman–Crippen MR) is 137 cm³/mol. The second kappa shape index (κ2) is 10.1. The van der Waals surface area contributed by atoms with E-state index in [1.807, 2.05) is 37.3 Å². The van der Waals surface area contributed by atoms with Gasteiger partial charge in [0.2, 0.25) is 0 Å². The summed E-state index contributed by atoms with van der Waals surface area (Å²) < 4.78 is 29.2. The number of amides is 1. The molecule has 38 heavy (non-hydrogen) atoms. The van der Waals surface area contributed by atoms with Crippen LogP contribution in [0.4, 0.5) is 20.2 Å². The molecule has 1 aliphatic rings. The number of halogens is 2. The number of likely N-dealkylation sites (tertiary alicyclic amines) is 1. The van der Waals surface area contributed by atoms with Gasteiger partial charge < -0.3 is 19.9 Å². The lowest BCUT2D eigenvalue weighted by atomic mass is 10.0. The van der Waals surface area contributed by atoms with Crippen molar-refractivity contribution in [2.75, 3.05) is 24.5 Å². The summed E-state index contributed by atoms with van der Waals surface area (Å²) >= 11 is 0. The molecule has 2 N–H and O–H groups in total. The Morgan fingerprint density at radius 3 is 2.66 bits per heavy atom. The Bertz CT molecular complexity index is 1550. The number of aryl methyl sites for hydroxylation is 1. The van der Waals surface area contributed by atoms with Gasteiger partial charge >= 0.3 is 0 Å². The van der Waals surface area contributed by atoms with Crippen LogP contribution in [0.25, 0.3) is 11.4 Å². The number of nitrogens with one attached hydrogen (secondary N) is 1. The summed E-state index contributed by atoms with van der Waals surface area (Å²) in [5, 5.41) is 15.9. The number of para-hydroxylation sites is 1. The van der Waals surface area contributed by atoms with Crippen LogP contribution < -0.4 is 10.5 Å². The summed E-state index contributed by atoms with van der Waals surface area (Å²) in [6.45, 7) is 2.59. The molecule has 1 aromatic carbocycles. The fourth-order valence-corrected chi connectivity index (χ4v) is 4.90. The van der Waals surface area contributed by atoms with E-state index in [1.54, 1.807) is 28.9 Å². The van der Waals surface area contributed by atoms with Crippen LogP contribution in [0.3, 0.4) is 0 Å². The van der Waals surface area contributed by atoms with E-state index in [4.69, 9.17) is 0 Å². The zero-order valence-corrected chi connectivity index (χ0v) is 20.9. The van der Waals surface area contributed by atoms with Gasteiger partial charge in [-0.15, -0.1) is 0 Å². The number of nitrogens with zero attached hydrogens (tertiary/aromatic N) is 5. The summed E-state index contributed by atoms with van der Waals surface area (Å²) in [5.74, 6) is -3.20. The number of rotatable bonds is 6. The van der Waals surface area contributed by atoms with Gasteiger partial charge in [0.15, 0.2) is 5.75 Å². The van der Waals surface area contributed by atoms with E-state index in [0.29, 0.717) is 18.7 Å². The third kappa shape index (κ3) is 4.51. The molecule has 9 nitrogen and oxygen atoms in total. The Kier molecular flexibility index (Phi) is 6.66. The van der Waals surface area contributed by atoms with Crippen LogP contribution in [0.5, 0.6) is 5.75 Å². The van der Waals surface area contributed by atoms with Crippen molar-refractivity contribution in [2.24, 2.45) is 7.05 Å². The number of aromatic amines is 1. The van der Waals surface area contributed by atoms with Gasteiger partial charge in [0.05, 0.1) is 17.6 Å². The van der Waals surface area contributed by atoms with Gasteiger partial charge in [0.1, 0.15) is 28.6 Å². The molecule has 1 fully saturated rings. The average molecular weight is 521 g/mol. The van der Waals surface area contributed by atoms with Crippen LogP contribution in [-0.4, -0.2) is 55.3 Å². The molecule has 1 aliphatic heterocycles. The van der Waals surface area contributed by atoms with Crippen LogP contribution in [0.15, 0.2) is 59.7 Å². The molecule has 1 saturated heterocycles. The van der Waals surface area contributed by atoms with E-state index in [9.17, 15) is 23.5 Å². The van der Waals surface area contributed by atoms with E-state index in [-0.39, 0.29) is 30.2 Å². The van der Waals surface area contributed by atoms with Crippen LogP contribution in [0.1, 0.15) is 35.3 Å². The summed E-state index contributed by atoms with van der Waals surface area (Å²) in [5.41, 5.74) is 0.550. The van der Waals surface area contributed by atoms with Crippen LogP contribution >= 0.6 is 0 Å². The third-order valence-corrected chi connectivity index (χ3v) is 6.70. The highest BCUT2D eigenvalue weighted by molar-refractivity contribution is 6.00. The molecule has 0 saturated carbocycles. The van der Waals surface area contributed by atoms with E-state index in [1.165, 1.54) is 4.90 Å². The molecule has 4 heterocycles. The van der Waals surface area contributed by atoms with Crippen molar-refractivity contribution in [1.29, 1.82) is 0 Å². The Hall–Kier alpha value is -4.54. The fourth-order valence-electron chi connectivity index (χ4n) is 4.90. The van der Waals surface area contributed by atoms with Crippen LogP contribution in [0, 0.1) is 11.6 Å². The first kappa shape index (κ1) is 25.1. The zero-order valence-electron chi connectivity index (χ0n) is 20.9. The van der Waals surface area contributed by atoms with Crippen molar-refractivity contribution < 1.29 is 18.7 Å². The monoisotopic (exact) mass is 520 g/mol. The standard InChI is InChI=1S/C27H26F2N6O3/c1-3-35(18-7-5-4-6-8-18)24-23(20-10-11-33(2)32-20)31-26(37)21(25(24)36)27(38)34-12-9-16(15-34)22-19(29)13-17(28)14-30-22/h4-8,10-11,13-14,16H,3,9,12,15H2,1-2H3,(H2,31,36,37). The first-order chi connectivity index (χ1) is 18.3. The molecule has 196 valence electrons. The van der Waals surface area contributed by atoms with Gasteiger partial charge in [-0.3, -0.25) is 19.3 Å². The lowest BCUT2D eigenvalue weighted by molar-refractivity contribution is 0.0785. The molecular formula is C27H26F2N6O3. The minimum atomic E-state index is -0.784. The SMILES string of the molecule is CCN(c1ccccc1)c1c(-c2ccn(C)n2)[nH]c(=O)c(C(=O)N2CCC(c3ncc(F)cc3F)C2)c1O. The minimum absolute atomic E-state index is 0.0623. The molecule has 11 heteroatoms. The first-order valence-electron chi connectivity index (χ1n) is 12.2. The Morgan fingerprint density at radius 1 is 1.24 bits per heavy atom. The average Bonchev–Trinajstić information content (AvgIpc) is 3.56. The highest BCUT2D eigenvalue weighted by Crippen LogP contribution is 2.41. The lowest BCUT2D eigenvalue weighted by Crippen LogP contribution is -2.34. The molecular weight excluding hydrogens is 494 g/mol. The molecule has 0 spiro atoms. The topological polar surface area (TPSA) is 107 Å². The first-order valence-corrected chi connectivity index (χ1v) is 12.2. The molecule has 1 atom stereocenters. The largest absolute Gasteiger partial charge is 0.505 e. The number of aromatic hydroxyl groups is 1.